The van der Waals surface area contributed by atoms with Crippen molar-refractivity contribution < 1.29 is 9.53 Å². The van der Waals surface area contributed by atoms with Crippen LogP contribution in [0.3, 0.4) is 0 Å². The zero-order valence-corrected chi connectivity index (χ0v) is 13.9. The van der Waals surface area contributed by atoms with E-state index in [9.17, 15) is 4.79 Å². The van der Waals surface area contributed by atoms with Crippen LogP contribution in [0.4, 0.5) is 4.79 Å². The molecule has 1 heterocycles. The van der Waals surface area contributed by atoms with Crippen LogP contribution >= 0.6 is 0 Å². The van der Waals surface area contributed by atoms with Crippen molar-refractivity contribution in [3.8, 4) is 11.4 Å². The number of amides is 1. The summed E-state index contributed by atoms with van der Waals surface area (Å²) in [7, 11) is 0. The van der Waals surface area contributed by atoms with E-state index in [1.165, 1.54) is 4.90 Å². The number of ether oxygens (including phenoxy) is 1. The zero-order valence-electron chi connectivity index (χ0n) is 13.9. The van der Waals surface area contributed by atoms with Gasteiger partial charge in [-0.15, -0.1) is 20.4 Å². The van der Waals surface area contributed by atoms with Gasteiger partial charge in [0.25, 0.3) is 0 Å². The normalized spacial score (nSPS) is 11.1. The van der Waals surface area contributed by atoms with E-state index in [0.717, 1.165) is 5.56 Å². The van der Waals surface area contributed by atoms with Gasteiger partial charge >= 0.3 is 6.09 Å². The maximum Gasteiger partial charge on any atom is 0.410 e. The van der Waals surface area contributed by atoms with E-state index < -0.39 is 11.7 Å². The number of aromatic nitrogens is 4. The van der Waals surface area contributed by atoms with Gasteiger partial charge in [-0.25, -0.2) is 4.79 Å². The van der Waals surface area contributed by atoms with Gasteiger partial charge in [0.05, 0.1) is 6.54 Å². The first-order chi connectivity index (χ1) is 10.9. The van der Waals surface area contributed by atoms with Crippen molar-refractivity contribution in [2.24, 2.45) is 0 Å². The van der Waals surface area contributed by atoms with Crippen LogP contribution in [0.5, 0.6) is 0 Å². The summed E-state index contributed by atoms with van der Waals surface area (Å²) in [4.78, 5) is 13.6. The van der Waals surface area contributed by atoms with E-state index in [1.54, 1.807) is 0 Å². The van der Waals surface area contributed by atoms with Gasteiger partial charge in [-0.05, 0) is 27.7 Å². The molecule has 2 rings (SSSR count). The molecule has 23 heavy (non-hydrogen) atoms. The molecule has 0 aliphatic carbocycles. The molecule has 7 nitrogen and oxygen atoms in total. The summed E-state index contributed by atoms with van der Waals surface area (Å²) in [6.45, 7) is 8.04. The molecule has 0 saturated carbocycles. The topological polar surface area (TPSA) is 81.1 Å². The second-order valence-corrected chi connectivity index (χ2v) is 6.00. The lowest BCUT2D eigenvalue weighted by Crippen LogP contribution is -2.36. The highest BCUT2D eigenvalue weighted by Gasteiger charge is 2.22. The van der Waals surface area contributed by atoms with Gasteiger partial charge in [-0.3, -0.25) is 0 Å². The third-order valence-corrected chi connectivity index (χ3v) is 2.92. The molecule has 0 N–H and O–H groups in total. The molecule has 0 aliphatic rings. The van der Waals surface area contributed by atoms with Crippen LogP contribution in [0.25, 0.3) is 11.4 Å². The van der Waals surface area contributed by atoms with E-state index >= 15 is 0 Å². The molecule has 0 fully saturated rings. The quantitative estimate of drug-likeness (QED) is 0.863. The summed E-state index contributed by atoms with van der Waals surface area (Å²) >= 11 is 0. The average molecular weight is 315 g/mol. The van der Waals surface area contributed by atoms with Gasteiger partial charge in [-0.2, -0.15) is 0 Å². The van der Waals surface area contributed by atoms with Crippen molar-refractivity contribution >= 4 is 6.09 Å². The third-order valence-electron chi connectivity index (χ3n) is 2.92. The Kier molecular flexibility index (Phi) is 5.20. The minimum absolute atomic E-state index is 0.209. The summed E-state index contributed by atoms with van der Waals surface area (Å²) in [5.41, 5.74) is 0.303. The van der Waals surface area contributed by atoms with Gasteiger partial charge in [0, 0.05) is 12.1 Å². The number of hydrogen-bond donors (Lipinski definition) is 0. The largest absolute Gasteiger partial charge is 0.444 e. The van der Waals surface area contributed by atoms with Crippen LogP contribution in [-0.4, -0.2) is 43.5 Å². The van der Waals surface area contributed by atoms with Crippen molar-refractivity contribution in [1.82, 2.24) is 25.3 Å². The smallest absolute Gasteiger partial charge is 0.410 e. The minimum Gasteiger partial charge on any atom is -0.444 e. The monoisotopic (exact) mass is 315 g/mol. The van der Waals surface area contributed by atoms with Crippen LogP contribution in [0.15, 0.2) is 30.3 Å². The number of rotatable bonds is 4. The number of benzene rings is 1. The molecular formula is C16H21N5O2. The fourth-order valence-corrected chi connectivity index (χ4v) is 1.82. The molecule has 122 valence electrons. The lowest BCUT2D eigenvalue weighted by atomic mass is 10.2. The van der Waals surface area contributed by atoms with Gasteiger partial charge < -0.3 is 9.64 Å². The van der Waals surface area contributed by atoms with Gasteiger partial charge in [-0.1, -0.05) is 30.3 Å². The fraction of sp³-hybridized carbons (Fsp3) is 0.438. The standard InChI is InChI=1S/C16H21N5O2/c1-5-21(15(22)23-16(2,3)4)11-13-17-19-14(20-18-13)12-9-7-6-8-10-12/h6-10H,5,11H2,1-4H3. The lowest BCUT2D eigenvalue weighted by molar-refractivity contribution is 0.0238. The molecule has 0 bridgehead atoms. The highest BCUT2D eigenvalue weighted by Crippen LogP contribution is 2.13. The van der Waals surface area contributed by atoms with Crippen LogP contribution in [0.2, 0.25) is 0 Å². The lowest BCUT2D eigenvalue weighted by Gasteiger charge is -2.25. The molecule has 2 aromatic rings. The Balaban J connectivity index is 2.06. The molecule has 0 atom stereocenters. The van der Waals surface area contributed by atoms with Crippen molar-refractivity contribution in [3.05, 3.63) is 36.2 Å². The van der Waals surface area contributed by atoms with Crippen molar-refractivity contribution in [3.63, 3.8) is 0 Å². The number of hydrogen-bond acceptors (Lipinski definition) is 6. The van der Waals surface area contributed by atoms with Gasteiger partial charge in [0.1, 0.15) is 5.60 Å². The first kappa shape index (κ1) is 16.8. The Hall–Kier alpha value is -2.57. The molecule has 1 amide bonds. The Morgan fingerprint density at radius 3 is 2.22 bits per heavy atom. The second kappa shape index (κ2) is 7.13. The Labute approximate surface area is 135 Å². The third kappa shape index (κ3) is 4.98. The van der Waals surface area contributed by atoms with Gasteiger partial charge in [0.15, 0.2) is 5.82 Å². The Morgan fingerprint density at radius 1 is 1.09 bits per heavy atom. The molecule has 1 aromatic heterocycles. The maximum atomic E-state index is 12.1. The van der Waals surface area contributed by atoms with Crippen LogP contribution < -0.4 is 0 Å². The Bertz CT molecular complexity index is 638. The predicted molar refractivity (Wildman–Crippen MR) is 85.4 cm³/mol. The highest BCUT2D eigenvalue weighted by molar-refractivity contribution is 5.68. The predicted octanol–water partition coefficient (Wildman–Crippen LogP) is 2.69. The zero-order chi connectivity index (χ0) is 16.9. The van der Waals surface area contributed by atoms with Gasteiger partial charge in [0.2, 0.25) is 5.82 Å². The number of carbonyl (C=O) groups is 1. The van der Waals surface area contributed by atoms with E-state index in [-0.39, 0.29) is 6.54 Å². The fourth-order valence-electron chi connectivity index (χ4n) is 1.82. The molecule has 0 saturated heterocycles. The van der Waals surface area contributed by atoms with E-state index in [2.05, 4.69) is 20.4 Å². The summed E-state index contributed by atoms with van der Waals surface area (Å²) in [6, 6.07) is 9.48. The molecular weight excluding hydrogens is 294 g/mol. The molecule has 0 radical (unpaired) electrons. The molecule has 0 unspecified atom stereocenters. The van der Waals surface area contributed by atoms with Crippen molar-refractivity contribution in [2.45, 2.75) is 39.8 Å². The minimum atomic E-state index is -0.543. The molecule has 1 aromatic carbocycles. The highest BCUT2D eigenvalue weighted by atomic mass is 16.6. The molecule has 0 aliphatic heterocycles. The average Bonchev–Trinajstić information content (AvgIpc) is 2.52. The van der Waals surface area contributed by atoms with E-state index in [0.29, 0.717) is 18.2 Å². The maximum absolute atomic E-state index is 12.1. The first-order valence-electron chi connectivity index (χ1n) is 7.48. The van der Waals surface area contributed by atoms with E-state index in [4.69, 9.17) is 4.74 Å². The van der Waals surface area contributed by atoms with Crippen LogP contribution in [0, 0.1) is 0 Å². The molecule has 7 heteroatoms. The van der Waals surface area contributed by atoms with E-state index in [1.807, 2.05) is 58.0 Å². The second-order valence-electron chi connectivity index (χ2n) is 6.00. The number of nitrogens with zero attached hydrogens (tertiary/aromatic N) is 5. The Morgan fingerprint density at radius 2 is 1.70 bits per heavy atom. The SMILES string of the molecule is CCN(Cc1nnc(-c2ccccc2)nn1)C(=O)OC(C)(C)C. The number of carbonyl (C=O) groups excluding carboxylic acids is 1. The summed E-state index contributed by atoms with van der Waals surface area (Å²) in [5.74, 6) is 0.826. The van der Waals surface area contributed by atoms with Crippen LogP contribution in [0.1, 0.15) is 33.5 Å². The summed E-state index contributed by atoms with van der Waals surface area (Å²) in [5, 5.41) is 16.2. The molecule has 0 spiro atoms. The summed E-state index contributed by atoms with van der Waals surface area (Å²) < 4.78 is 5.35. The summed E-state index contributed by atoms with van der Waals surface area (Å²) in [6.07, 6.45) is -0.407. The van der Waals surface area contributed by atoms with Crippen molar-refractivity contribution in [2.75, 3.05) is 6.54 Å². The van der Waals surface area contributed by atoms with Crippen molar-refractivity contribution in [1.29, 1.82) is 0 Å². The van der Waals surface area contributed by atoms with Crippen LogP contribution in [-0.2, 0) is 11.3 Å². The first-order valence-corrected chi connectivity index (χ1v) is 7.48.